The molecular weight excluding hydrogens is 252 g/mol. The highest BCUT2D eigenvalue weighted by Gasteiger charge is 2.17. The van der Waals surface area contributed by atoms with E-state index in [4.69, 9.17) is 5.73 Å². The Morgan fingerprint density at radius 3 is 2.72 bits per heavy atom. The second-order valence-electron chi connectivity index (χ2n) is 3.82. The van der Waals surface area contributed by atoms with E-state index in [9.17, 15) is 8.42 Å². The topological polar surface area (TPSA) is 90.0 Å². The van der Waals surface area contributed by atoms with E-state index in [0.29, 0.717) is 5.69 Å². The summed E-state index contributed by atoms with van der Waals surface area (Å²) in [5.74, 6) is 0. The number of para-hydroxylation sites is 1. The first kappa shape index (κ1) is 12.6. The monoisotopic (exact) mass is 266 g/mol. The SMILES string of the molecule is Cn1cc(S(=O)(=O)Nc2ccccc2CN)cn1. The molecule has 0 aliphatic carbocycles. The van der Waals surface area contributed by atoms with Gasteiger partial charge in [-0.2, -0.15) is 5.10 Å². The van der Waals surface area contributed by atoms with Crippen LogP contribution >= 0.6 is 0 Å². The van der Waals surface area contributed by atoms with Gasteiger partial charge in [0.25, 0.3) is 10.0 Å². The number of anilines is 1. The Kier molecular flexibility index (Phi) is 3.35. The van der Waals surface area contributed by atoms with Crippen molar-refractivity contribution in [3.63, 3.8) is 0 Å². The molecule has 1 aromatic carbocycles. The third-order valence-electron chi connectivity index (χ3n) is 2.47. The average Bonchev–Trinajstić information content (AvgIpc) is 2.77. The number of hydrogen-bond acceptors (Lipinski definition) is 4. The van der Waals surface area contributed by atoms with E-state index in [0.717, 1.165) is 5.56 Å². The van der Waals surface area contributed by atoms with Gasteiger partial charge in [-0.1, -0.05) is 18.2 Å². The Morgan fingerprint density at radius 2 is 2.11 bits per heavy atom. The molecule has 2 rings (SSSR count). The molecule has 18 heavy (non-hydrogen) atoms. The minimum atomic E-state index is -3.61. The minimum absolute atomic E-state index is 0.122. The average molecular weight is 266 g/mol. The zero-order valence-electron chi connectivity index (χ0n) is 9.87. The molecule has 0 spiro atoms. The van der Waals surface area contributed by atoms with E-state index in [-0.39, 0.29) is 11.4 Å². The molecule has 1 aromatic heterocycles. The molecule has 0 saturated heterocycles. The quantitative estimate of drug-likeness (QED) is 0.851. The number of nitrogens with two attached hydrogens (primary N) is 1. The Labute approximate surface area is 105 Å². The minimum Gasteiger partial charge on any atom is -0.326 e. The molecule has 0 fully saturated rings. The smallest absolute Gasteiger partial charge is 0.265 e. The van der Waals surface area contributed by atoms with Crippen molar-refractivity contribution in [3.8, 4) is 0 Å². The molecule has 0 aliphatic rings. The van der Waals surface area contributed by atoms with Gasteiger partial charge in [-0.3, -0.25) is 9.40 Å². The van der Waals surface area contributed by atoms with Crippen LogP contribution in [0, 0.1) is 0 Å². The maximum absolute atomic E-state index is 12.1. The molecule has 0 bridgehead atoms. The molecule has 6 nitrogen and oxygen atoms in total. The molecule has 0 aliphatic heterocycles. The maximum atomic E-state index is 12.1. The number of aromatic nitrogens is 2. The van der Waals surface area contributed by atoms with Crippen molar-refractivity contribution in [2.75, 3.05) is 4.72 Å². The normalized spacial score (nSPS) is 11.4. The lowest BCUT2D eigenvalue weighted by Crippen LogP contribution is -2.14. The fourth-order valence-corrected chi connectivity index (χ4v) is 2.62. The molecule has 0 unspecified atom stereocenters. The largest absolute Gasteiger partial charge is 0.326 e. The van der Waals surface area contributed by atoms with Gasteiger partial charge in [0, 0.05) is 19.8 Å². The summed E-state index contributed by atoms with van der Waals surface area (Å²) in [5, 5.41) is 3.84. The standard InChI is InChI=1S/C11H14N4O2S/c1-15-8-10(7-13-15)18(16,17)14-11-5-3-2-4-9(11)6-12/h2-5,7-8,14H,6,12H2,1H3. The van der Waals surface area contributed by atoms with E-state index >= 15 is 0 Å². The highest BCUT2D eigenvalue weighted by Crippen LogP contribution is 2.19. The summed E-state index contributed by atoms with van der Waals surface area (Å²) in [6.45, 7) is 0.270. The van der Waals surface area contributed by atoms with Crippen LogP contribution in [0.4, 0.5) is 5.69 Å². The summed E-state index contributed by atoms with van der Waals surface area (Å²) < 4.78 is 28.1. The Morgan fingerprint density at radius 1 is 1.39 bits per heavy atom. The van der Waals surface area contributed by atoms with Crippen molar-refractivity contribution < 1.29 is 8.42 Å². The molecule has 1 heterocycles. The molecule has 0 amide bonds. The lowest BCUT2D eigenvalue weighted by molar-refractivity contribution is 0.601. The predicted molar refractivity (Wildman–Crippen MR) is 68.3 cm³/mol. The summed E-state index contributed by atoms with van der Waals surface area (Å²) in [7, 11) is -1.95. The van der Waals surface area contributed by atoms with Gasteiger partial charge in [0.05, 0.1) is 11.9 Å². The number of nitrogens with zero attached hydrogens (tertiary/aromatic N) is 2. The van der Waals surface area contributed by atoms with Crippen LogP contribution < -0.4 is 10.5 Å². The van der Waals surface area contributed by atoms with Crippen LogP contribution in [0.15, 0.2) is 41.6 Å². The van der Waals surface area contributed by atoms with Gasteiger partial charge in [-0.05, 0) is 11.6 Å². The maximum Gasteiger partial charge on any atom is 0.265 e. The molecule has 2 aromatic rings. The second kappa shape index (κ2) is 4.79. The fraction of sp³-hybridized carbons (Fsp3) is 0.182. The lowest BCUT2D eigenvalue weighted by Gasteiger charge is -2.09. The van der Waals surface area contributed by atoms with Crippen LogP contribution in [0.3, 0.4) is 0 Å². The Bertz CT molecular complexity index is 649. The molecule has 96 valence electrons. The fourth-order valence-electron chi connectivity index (χ4n) is 1.54. The Hall–Kier alpha value is -1.86. The van der Waals surface area contributed by atoms with Gasteiger partial charge >= 0.3 is 0 Å². The number of nitrogens with one attached hydrogen (secondary N) is 1. The van der Waals surface area contributed by atoms with Crippen LogP contribution in [0.1, 0.15) is 5.56 Å². The van der Waals surface area contributed by atoms with Crippen molar-refractivity contribution in [2.45, 2.75) is 11.4 Å². The Balaban J connectivity index is 2.33. The first-order valence-electron chi connectivity index (χ1n) is 5.32. The van der Waals surface area contributed by atoms with Gasteiger partial charge in [-0.15, -0.1) is 0 Å². The van der Waals surface area contributed by atoms with Crippen molar-refractivity contribution in [2.24, 2.45) is 12.8 Å². The van der Waals surface area contributed by atoms with Crippen LogP contribution in [0.5, 0.6) is 0 Å². The third kappa shape index (κ3) is 2.52. The van der Waals surface area contributed by atoms with E-state index < -0.39 is 10.0 Å². The summed E-state index contributed by atoms with van der Waals surface area (Å²) in [5.41, 5.74) is 6.79. The van der Waals surface area contributed by atoms with Crippen molar-refractivity contribution in [1.29, 1.82) is 0 Å². The van der Waals surface area contributed by atoms with Crippen LogP contribution in [0.2, 0.25) is 0 Å². The predicted octanol–water partition coefficient (Wildman–Crippen LogP) is 0.680. The van der Waals surface area contributed by atoms with Crippen LogP contribution in [-0.2, 0) is 23.6 Å². The first-order chi connectivity index (χ1) is 8.53. The molecular formula is C11H14N4O2S. The third-order valence-corrected chi connectivity index (χ3v) is 3.79. The lowest BCUT2D eigenvalue weighted by atomic mass is 10.2. The summed E-state index contributed by atoms with van der Waals surface area (Å²) in [6, 6.07) is 7.02. The van der Waals surface area contributed by atoms with E-state index in [1.54, 1.807) is 25.2 Å². The number of aryl methyl sites for hydroxylation is 1. The zero-order valence-corrected chi connectivity index (χ0v) is 10.7. The summed E-state index contributed by atoms with van der Waals surface area (Å²) in [4.78, 5) is 0.122. The van der Waals surface area contributed by atoms with E-state index in [1.807, 2.05) is 6.07 Å². The van der Waals surface area contributed by atoms with Crippen LogP contribution in [0.25, 0.3) is 0 Å². The summed E-state index contributed by atoms with van der Waals surface area (Å²) >= 11 is 0. The highest BCUT2D eigenvalue weighted by molar-refractivity contribution is 7.92. The van der Waals surface area contributed by atoms with Crippen molar-refractivity contribution >= 4 is 15.7 Å². The van der Waals surface area contributed by atoms with Crippen molar-refractivity contribution in [3.05, 3.63) is 42.2 Å². The van der Waals surface area contributed by atoms with Gasteiger partial charge in [0.1, 0.15) is 4.90 Å². The zero-order chi connectivity index (χ0) is 13.2. The number of sulfonamides is 1. The van der Waals surface area contributed by atoms with Crippen LogP contribution in [-0.4, -0.2) is 18.2 Å². The van der Waals surface area contributed by atoms with Gasteiger partial charge in [-0.25, -0.2) is 8.42 Å². The number of rotatable bonds is 4. The molecule has 0 atom stereocenters. The van der Waals surface area contributed by atoms with Crippen molar-refractivity contribution in [1.82, 2.24) is 9.78 Å². The molecule has 7 heteroatoms. The highest BCUT2D eigenvalue weighted by atomic mass is 32.2. The molecule has 0 radical (unpaired) electrons. The van der Waals surface area contributed by atoms with Gasteiger partial charge < -0.3 is 5.73 Å². The number of hydrogen-bond donors (Lipinski definition) is 2. The number of benzene rings is 1. The van der Waals surface area contributed by atoms with Gasteiger partial charge in [0.15, 0.2) is 0 Å². The van der Waals surface area contributed by atoms with Gasteiger partial charge in [0.2, 0.25) is 0 Å². The first-order valence-corrected chi connectivity index (χ1v) is 6.80. The molecule has 3 N–H and O–H groups in total. The van der Waals surface area contributed by atoms with E-state index in [1.165, 1.54) is 17.1 Å². The second-order valence-corrected chi connectivity index (χ2v) is 5.50. The van der Waals surface area contributed by atoms with E-state index in [2.05, 4.69) is 9.82 Å². The summed E-state index contributed by atoms with van der Waals surface area (Å²) in [6.07, 6.45) is 2.74. The molecule has 0 saturated carbocycles.